The number of ether oxygens (including phenoxy) is 1. The van der Waals surface area contributed by atoms with Gasteiger partial charge in [0.1, 0.15) is 0 Å². The Kier molecular flexibility index (Phi) is 5.37. The molecule has 0 amide bonds. The van der Waals surface area contributed by atoms with Gasteiger partial charge in [0.15, 0.2) is 0 Å². The predicted molar refractivity (Wildman–Crippen MR) is 82.6 cm³/mol. The van der Waals surface area contributed by atoms with Crippen LogP contribution in [0.15, 0.2) is 12.3 Å². The minimum atomic E-state index is 0.524. The number of rotatable bonds is 5. The van der Waals surface area contributed by atoms with E-state index in [1.807, 2.05) is 12.3 Å². The first-order valence-electron chi connectivity index (χ1n) is 7.99. The Morgan fingerprint density at radius 1 is 1.29 bits per heavy atom. The van der Waals surface area contributed by atoms with E-state index in [4.69, 9.17) is 4.74 Å². The molecular weight excluding hydrogens is 266 g/mol. The van der Waals surface area contributed by atoms with Crippen LogP contribution in [0.5, 0.6) is 0 Å². The molecule has 2 fully saturated rings. The molecule has 21 heavy (non-hydrogen) atoms. The molecule has 1 aromatic rings. The Hall–Kier alpha value is -1.24. The van der Waals surface area contributed by atoms with E-state index in [9.17, 15) is 0 Å². The third-order valence-corrected chi connectivity index (χ3v) is 4.24. The van der Waals surface area contributed by atoms with Crippen LogP contribution in [0.2, 0.25) is 0 Å². The molecule has 2 saturated heterocycles. The Balaban J connectivity index is 1.48. The van der Waals surface area contributed by atoms with Crippen molar-refractivity contribution in [3.63, 3.8) is 0 Å². The van der Waals surface area contributed by atoms with Crippen LogP contribution in [-0.4, -0.2) is 67.4 Å². The third kappa shape index (κ3) is 4.36. The van der Waals surface area contributed by atoms with Gasteiger partial charge in [0, 0.05) is 70.3 Å². The van der Waals surface area contributed by atoms with Crippen molar-refractivity contribution in [2.75, 3.05) is 57.8 Å². The van der Waals surface area contributed by atoms with Crippen molar-refractivity contribution in [1.82, 2.24) is 20.2 Å². The number of hydrogen-bond acceptors (Lipinski definition) is 6. The molecule has 2 aliphatic rings. The molecule has 116 valence electrons. The van der Waals surface area contributed by atoms with Crippen LogP contribution in [0.25, 0.3) is 0 Å². The summed E-state index contributed by atoms with van der Waals surface area (Å²) in [5.41, 5.74) is 1.15. The molecule has 6 heteroatoms. The summed E-state index contributed by atoms with van der Waals surface area (Å²) in [5, 5.41) is 6.73. The number of nitrogens with one attached hydrogen (secondary N) is 2. The van der Waals surface area contributed by atoms with Crippen LogP contribution in [0.1, 0.15) is 24.5 Å². The van der Waals surface area contributed by atoms with E-state index in [0.29, 0.717) is 5.92 Å². The van der Waals surface area contributed by atoms with Crippen molar-refractivity contribution < 1.29 is 4.74 Å². The van der Waals surface area contributed by atoms with Crippen molar-refractivity contribution in [3.05, 3.63) is 18.0 Å². The SMILES string of the molecule is c1cc(C2CCOCC2)nc(NCCN2CCNCC2)n1. The molecule has 0 aromatic carbocycles. The molecular formula is C15H25N5O. The largest absolute Gasteiger partial charge is 0.381 e. The van der Waals surface area contributed by atoms with Crippen LogP contribution in [0, 0.1) is 0 Å². The summed E-state index contributed by atoms with van der Waals surface area (Å²) in [6.45, 7) is 8.09. The van der Waals surface area contributed by atoms with E-state index in [0.717, 1.165) is 77.0 Å². The minimum absolute atomic E-state index is 0.524. The topological polar surface area (TPSA) is 62.3 Å². The van der Waals surface area contributed by atoms with Gasteiger partial charge in [0.25, 0.3) is 0 Å². The van der Waals surface area contributed by atoms with E-state index in [-0.39, 0.29) is 0 Å². The van der Waals surface area contributed by atoms with Gasteiger partial charge >= 0.3 is 0 Å². The van der Waals surface area contributed by atoms with Gasteiger partial charge in [-0.05, 0) is 18.9 Å². The number of nitrogens with zero attached hydrogens (tertiary/aromatic N) is 3. The maximum absolute atomic E-state index is 5.41. The van der Waals surface area contributed by atoms with Crippen LogP contribution in [0.3, 0.4) is 0 Å². The summed E-state index contributed by atoms with van der Waals surface area (Å²) >= 11 is 0. The fourth-order valence-corrected chi connectivity index (χ4v) is 2.94. The van der Waals surface area contributed by atoms with Gasteiger partial charge < -0.3 is 15.4 Å². The highest BCUT2D eigenvalue weighted by molar-refractivity contribution is 5.26. The monoisotopic (exact) mass is 291 g/mol. The highest BCUT2D eigenvalue weighted by Gasteiger charge is 2.17. The fraction of sp³-hybridized carbons (Fsp3) is 0.733. The Morgan fingerprint density at radius 3 is 2.90 bits per heavy atom. The van der Waals surface area contributed by atoms with Gasteiger partial charge in [0.2, 0.25) is 5.95 Å². The second-order valence-corrected chi connectivity index (χ2v) is 5.71. The lowest BCUT2D eigenvalue weighted by atomic mass is 9.96. The van der Waals surface area contributed by atoms with Crippen molar-refractivity contribution in [3.8, 4) is 0 Å². The molecule has 0 aliphatic carbocycles. The van der Waals surface area contributed by atoms with E-state index < -0.39 is 0 Å². The summed E-state index contributed by atoms with van der Waals surface area (Å²) in [6, 6.07) is 2.04. The zero-order chi connectivity index (χ0) is 14.3. The van der Waals surface area contributed by atoms with Crippen LogP contribution < -0.4 is 10.6 Å². The van der Waals surface area contributed by atoms with Gasteiger partial charge in [-0.3, -0.25) is 4.90 Å². The number of piperazine rings is 1. The minimum Gasteiger partial charge on any atom is -0.381 e. The Labute approximate surface area is 126 Å². The lowest BCUT2D eigenvalue weighted by molar-refractivity contribution is 0.0845. The second-order valence-electron chi connectivity index (χ2n) is 5.71. The first-order chi connectivity index (χ1) is 10.4. The zero-order valence-corrected chi connectivity index (χ0v) is 12.6. The predicted octanol–water partition coefficient (Wildman–Crippen LogP) is 0.688. The Morgan fingerprint density at radius 2 is 2.10 bits per heavy atom. The van der Waals surface area contributed by atoms with Gasteiger partial charge in [-0.1, -0.05) is 0 Å². The summed E-state index contributed by atoms with van der Waals surface area (Å²) in [5.74, 6) is 1.28. The van der Waals surface area contributed by atoms with Crippen molar-refractivity contribution in [1.29, 1.82) is 0 Å². The summed E-state index contributed by atoms with van der Waals surface area (Å²) in [7, 11) is 0. The fourth-order valence-electron chi connectivity index (χ4n) is 2.94. The number of anilines is 1. The average Bonchev–Trinajstić information content (AvgIpc) is 2.57. The van der Waals surface area contributed by atoms with Gasteiger partial charge in [-0.2, -0.15) is 0 Å². The molecule has 2 N–H and O–H groups in total. The van der Waals surface area contributed by atoms with Crippen LogP contribution in [0.4, 0.5) is 5.95 Å². The molecule has 3 heterocycles. The molecule has 1 aromatic heterocycles. The molecule has 0 spiro atoms. The first kappa shape index (κ1) is 14.7. The van der Waals surface area contributed by atoms with Crippen molar-refractivity contribution in [2.24, 2.45) is 0 Å². The maximum atomic E-state index is 5.41. The molecule has 0 atom stereocenters. The van der Waals surface area contributed by atoms with E-state index >= 15 is 0 Å². The maximum Gasteiger partial charge on any atom is 0.222 e. The zero-order valence-electron chi connectivity index (χ0n) is 12.6. The Bertz CT molecular complexity index is 430. The van der Waals surface area contributed by atoms with Gasteiger partial charge in [-0.25, -0.2) is 9.97 Å². The van der Waals surface area contributed by atoms with E-state index in [1.54, 1.807) is 0 Å². The van der Waals surface area contributed by atoms with E-state index in [1.165, 1.54) is 0 Å². The van der Waals surface area contributed by atoms with Gasteiger partial charge in [-0.15, -0.1) is 0 Å². The highest BCUT2D eigenvalue weighted by Crippen LogP contribution is 2.25. The number of hydrogen-bond donors (Lipinski definition) is 2. The van der Waals surface area contributed by atoms with Crippen LogP contribution >= 0.6 is 0 Å². The lowest BCUT2D eigenvalue weighted by Gasteiger charge is -2.27. The summed E-state index contributed by atoms with van der Waals surface area (Å²) in [4.78, 5) is 11.5. The molecule has 0 radical (unpaired) electrons. The van der Waals surface area contributed by atoms with Crippen molar-refractivity contribution >= 4 is 5.95 Å². The third-order valence-electron chi connectivity index (χ3n) is 4.24. The first-order valence-corrected chi connectivity index (χ1v) is 7.99. The molecule has 6 nitrogen and oxygen atoms in total. The molecule has 0 saturated carbocycles. The summed E-state index contributed by atoms with van der Waals surface area (Å²) in [6.07, 6.45) is 4.00. The average molecular weight is 291 g/mol. The molecule has 0 bridgehead atoms. The smallest absolute Gasteiger partial charge is 0.222 e. The van der Waals surface area contributed by atoms with E-state index in [2.05, 4.69) is 25.5 Å². The standard InChI is InChI=1S/C15H25N5O/c1-4-17-15(18-7-10-20-8-5-16-6-9-20)19-14(1)13-2-11-21-12-3-13/h1,4,13,16H,2-3,5-12H2,(H,17,18,19). The van der Waals surface area contributed by atoms with Crippen LogP contribution in [-0.2, 0) is 4.74 Å². The highest BCUT2D eigenvalue weighted by atomic mass is 16.5. The second kappa shape index (κ2) is 7.68. The summed E-state index contributed by atoms with van der Waals surface area (Å²) < 4.78 is 5.41. The molecule has 2 aliphatic heterocycles. The van der Waals surface area contributed by atoms with Gasteiger partial charge in [0.05, 0.1) is 0 Å². The van der Waals surface area contributed by atoms with Crippen molar-refractivity contribution in [2.45, 2.75) is 18.8 Å². The molecule has 3 rings (SSSR count). The quantitative estimate of drug-likeness (QED) is 0.832. The number of aromatic nitrogens is 2. The lowest BCUT2D eigenvalue weighted by Crippen LogP contribution is -2.45. The normalized spacial score (nSPS) is 21.3. The molecule has 0 unspecified atom stereocenters.